The summed E-state index contributed by atoms with van der Waals surface area (Å²) < 4.78 is 4.29. The van der Waals surface area contributed by atoms with E-state index in [0.29, 0.717) is 5.76 Å². The van der Waals surface area contributed by atoms with Gasteiger partial charge in [0, 0.05) is 0 Å². The van der Waals surface area contributed by atoms with E-state index in [1.54, 1.807) is 35.6 Å². The van der Waals surface area contributed by atoms with Crippen molar-refractivity contribution in [1.29, 1.82) is 0 Å². The molecule has 70 valence electrons. The fourth-order valence-electron chi connectivity index (χ4n) is 1.10. The molecule has 0 aromatic rings. The first-order valence-corrected chi connectivity index (χ1v) is 4.83. The molecule has 0 bridgehead atoms. The van der Waals surface area contributed by atoms with Crippen LogP contribution in [0, 0.1) is 0 Å². The van der Waals surface area contributed by atoms with Crippen LogP contribution in [0.1, 0.15) is 6.92 Å². The Bertz CT molecular complexity index is 192. The van der Waals surface area contributed by atoms with E-state index in [1.807, 2.05) is 0 Å². The highest BCUT2D eigenvalue weighted by molar-refractivity contribution is 14.1. The molecule has 0 aromatic heterocycles. The van der Waals surface area contributed by atoms with Gasteiger partial charge in [-0.3, -0.25) is 0 Å². The lowest BCUT2D eigenvalue weighted by Crippen LogP contribution is -2.35. The van der Waals surface area contributed by atoms with Gasteiger partial charge < -0.3 is 20.1 Å². The first-order chi connectivity index (χ1) is 5.57. The fraction of sp³-hybridized carbons (Fsp3) is 0.714. The van der Waals surface area contributed by atoms with E-state index in [1.165, 1.54) is 0 Å². The number of halogens is 1. The van der Waals surface area contributed by atoms with E-state index in [0.717, 1.165) is 0 Å². The van der Waals surface area contributed by atoms with E-state index in [9.17, 15) is 10.2 Å². The summed E-state index contributed by atoms with van der Waals surface area (Å²) in [5.41, 5.74) is 0. The summed E-state index contributed by atoms with van der Waals surface area (Å²) in [4.78, 5) is 0. The molecule has 1 heterocycles. The molecule has 0 aromatic carbocycles. The number of ether oxygens (including phenoxy) is 1. The van der Waals surface area contributed by atoms with Crippen LogP contribution in [0.3, 0.4) is 0 Å². The molecule has 0 saturated carbocycles. The number of rotatable bonds is 1. The first-order valence-electron chi connectivity index (χ1n) is 3.59. The fourth-order valence-corrected chi connectivity index (χ4v) is 1.67. The van der Waals surface area contributed by atoms with Gasteiger partial charge in [-0.05, 0) is 35.6 Å². The maximum Gasteiger partial charge on any atom is 0.162 e. The monoisotopic (exact) mass is 286 g/mol. The third kappa shape index (κ3) is 1.73. The zero-order valence-electron chi connectivity index (χ0n) is 6.51. The van der Waals surface area contributed by atoms with Gasteiger partial charge >= 0.3 is 0 Å². The highest BCUT2D eigenvalue weighted by Gasteiger charge is 2.42. The van der Waals surface area contributed by atoms with Crippen molar-refractivity contribution >= 4 is 22.6 Å². The molecule has 0 radical (unpaired) electrons. The Hall–Kier alpha value is 0.150. The molecule has 1 rings (SSSR count). The van der Waals surface area contributed by atoms with Crippen molar-refractivity contribution in [2.24, 2.45) is 0 Å². The molecule has 1 saturated heterocycles. The lowest BCUT2D eigenvalue weighted by molar-refractivity contribution is -0.00902. The Morgan fingerprint density at radius 1 is 1.58 bits per heavy atom. The van der Waals surface area contributed by atoms with Gasteiger partial charge in [0.15, 0.2) is 6.10 Å². The third-order valence-corrected chi connectivity index (χ3v) is 2.49. The van der Waals surface area contributed by atoms with Gasteiger partial charge in [-0.25, -0.2) is 0 Å². The Labute approximate surface area is 84.0 Å². The van der Waals surface area contributed by atoms with Gasteiger partial charge in [0.1, 0.15) is 22.1 Å². The number of hydrogen-bond donors (Lipinski definition) is 3. The van der Waals surface area contributed by atoms with Crippen LogP contribution in [0.2, 0.25) is 0 Å². The molecular weight excluding hydrogens is 275 g/mol. The summed E-state index contributed by atoms with van der Waals surface area (Å²) >= 11 is 1.73. The zero-order chi connectivity index (χ0) is 9.30. The van der Waals surface area contributed by atoms with Crippen molar-refractivity contribution in [2.75, 3.05) is 0 Å². The average Bonchev–Trinajstić information content (AvgIpc) is 2.30. The number of alkyl halides is 1. The molecule has 4 nitrogen and oxygen atoms in total. The van der Waals surface area contributed by atoms with Crippen molar-refractivity contribution in [3.8, 4) is 0 Å². The quantitative estimate of drug-likeness (QED) is 0.460. The standard InChI is InChI=1S/C7H11IO4/c1-2-3-4(9)5(10)6(12-3)7(8)11/h2,4-7,9-11H,1H3/b3-2-/t4-,5+,6+,7?/m1/s1. The minimum Gasteiger partial charge on any atom is -0.486 e. The van der Waals surface area contributed by atoms with E-state index < -0.39 is 22.4 Å². The SMILES string of the molecule is C/C=C1\O[C@H](C(O)I)[C@@H](O)[C@@H]1O. The molecule has 1 fully saturated rings. The van der Waals surface area contributed by atoms with Crippen LogP contribution in [0.15, 0.2) is 11.8 Å². The van der Waals surface area contributed by atoms with Crippen LogP contribution in [0.25, 0.3) is 0 Å². The van der Waals surface area contributed by atoms with E-state index in [-0.39, 0.29) is 0 Å². The van der Waals surface area contributed by atoms with Gasteiger partial charge in [-0.2, -0.15) is 0 Å². The Morgan fingerprint density at radius 3 is 2.42 bits per heavy atom. The smallest absolute Gasteiger partial charge is 0.162 e. The molecule has 1 aliphatic heterocycles. The van der Waals surface area contributed by atoms with E-state index in [2.05, 4.69) is 0 Å². The van der Waals surface area contributed by atoms with Crippen LogP contribution >= 0.6 is 22.6 Å². The third-order valence-electron chi connectivity index (χ3n) is 1.78. The second kappa shape index (κ2) is 3.91. The second-order valence-corrected chi connectivity index (χ2v) is 3.86. The number of hydrogen-bond acceptors (Lipinski definition) is 4. The highest BCUT2D eigenvalue weighted by Crippen LogP contribution is 2.28. The van der Waals surface area contributed by atoms with Gasteiger partial charge in [-0.1, -0.05) is 0 Å². The normalized spacial score (nSPS) is 41.4. The Balaban J connectivity index is 2.74. The van der Waals surface area contributed by atoms with Crippen LogP contribution in [-0.4, -0.2) is 37.7 Å². The molecule has 12 heavy (non-hydrogen) atoms. The van der Waals surface area contributed by atoms with Crippen molar-refractivity contribution in [3.63, 3.8) is 0 Å². The Morgan fingerprint density at radius 2 is 2.17 bits per heavy atom. The summed E-state index contributed by atoms with van der Waals surface area (Å²) in [5.74, 6) is 0.322. The topological polar surface area (TPSA) is 69.9 Å². The molecule has 0 spiro atoms. The van der Waals surface area contributed by atoms with Crippen LogP contribution < -0.4 is 0 Å². The molecule has 0 amide bonds. The molecule has 1 aliphatic rings. The van der Waals surface area contributed by atoms with Crippen LogP contribution in [0.5, 0.6) is 0 Å². The summed E-state index contributed by atoms with van der Waals surface area (Å²) in [6, 6.07) is 0. The van der Waals surface area contributed by atoms with Gasteiger partial charge in [0.2, 0.25) is 0 Å². The van der Waals surface area contributed by atoms with Crippen LogP contribution in [0.4, 0.5) is 0 Å². The van der Waals surface area contributed by atoms with Crippen LogP contribution in [-0.2, 0) is 4.74 Å². The van der Waals surface area contributed by atoms with Gasteiger partial charge in [0.25, 0.3) is 0 Å². The highest BCUT2D eigenvalue weighted by atomic mass is 127. The van der Waals surface area contributed by atoms with Crippen molar-refractivity contribution in [2.45, 2.75) is 29.3 Å². The largest absolute Gasteiger partial charge is 0.486 e. The number of aliphatic hydroxyl groups is 3. The van der Waals surface area contributed by atoms with Crippen molar-refractivity contribution in [3.05, 3.63) is 11.8 Å². The molecule has 3 N–H and O–H groups in total. The summed E-state index contributed by atoms with van der Waals surface area (Å²) in [6.07, 6.45) is -1.20. The Kier molecular flexibility index (Phi) is 3.33. The van der Waals surface area contributed by atoms with E-state index in [4.69, 9.17) is 9.84 Å². The first kappa shape index (κ1) is 10.2. The predicted octanol–water partition coefficient (Wildman–Crippen LogP) is -0.236. The van der Waals surface area contributed by atoms with Crippen molar-refractivity contribution in [1.82, 2.24) is 0 Å². The zero-order valence-corrected chi connectivity index (χ0v) is 8.67. The minimum atomic E-state index is -1.04. The minimum absolute atomic E-state index is 0.322. The molecule has 1 unspecified atom stereocenters. The average molecular weight is 286 g/mol. The summed E-state index contributed by atoms with van der Waals surface area (Å²) in [6.45, 7) is 1.70. The lowest BCUT2D eigenvalue weighted by Gasteiger charge is -2.15. The molecule has 5 heteroatoms. The molecule has 0 aliphatic carbocycles. The van der Waals surface area contributed by atoms with E-state index >= 15 is 0 Å². The molecular formula is C7H11IO4. The predicted molar refractivity (Wildman–Crippen MR) is 50.7 cm³/mol. The summed E-state index contributed by atoms with van der Waals surface area (Å²) in [5, 5.41) is 27.8. The van der Waals surface area contributed by atoms with Gasteiger partial charge in [0.05, 0.1) is 0 Å². The number of aliphatic hydroxyl groups excluding tert-OH is 3. The van der Waals surface area contributed by atoms with Crippen molar-refractivity contribution < 1.29 is 20.1 Å². The second-order valence-electron chi connectivity index (χ2n) is 2.58. The van der Waals surface area contributed by atoms with Gasteiger partial charge in [-0.15, -0.1) is 0 Å². The lowest BCUT2D eigenvalue weighted by atomic mass is 10.1. The maximum absolute atomic E-state index is 9.35. The summed E-state index contributed by atoms with van der Waals surface area (Å²) in [7, 11) is 0. The molecule has 4 atom stereocenters. The maximum atomic E-state index is 9.35. The number of allylic oxidation sites excluding steroid dienone is 1.